The van der Waals surface area contributed by atoms with Gasteiger partial charge in [0.15, 0.2) is 0 Å². The number of benzene rings is 1. The Bertz CT molecular complexity index is 475. The Balaban J connectivity index is 2.50. The molecule has 0 saturated heterocycles. The van der Waals surface area contributed by atoms with Crippen LogP contribution in [0.1, 0.15) is 44.0 Å². The number of rotatable bonds is 8. The molecule has 0 aliphatic carbocycles. The molecule has 5 heteroatoms. The first-order valence-corrected chi connectivity index (χ1v) is 8.23. The number of hydrogen-bond acceptors (Lipinski definition) is 3. The fraction of sp³-hybridized carbons (Fsp3) is 0.500. The molecule has 0 unspecified atom stereocenters. The summed E-state index contributed by atoms with van der Waals surface area (Å²) in [6.07, 6.45) is 1.23. The van der Waals surface area contributed by atoms with E-state index in [1.165, 1.54) is 0 Å². The summed E-state index contributed by atoms with van der Waals surface area (Å²) in [6.45, 7) is 7.23. The Kier molecular flexibility index (Phi) is 7.90. The molecule has 0 aliphatic rings. The van der Waals surface area contributed by atoms with E-state index in [1.807, 2.05) is 31.2 Å². The van der Waals surface area contributed by atoms with Crippen LogP contribution in [0.5, 0.6) is 0 Å². The predicted octanol–water partition coefficient (Wildman–Crippen LogP) is 2.83. The summed E-state index contributed by atoms with van der Waals surface area (Å²) in [7, 11) is 0. The van der Waals surface area contributed by atoms with Crippen molar-refractivity contribution in [3.63, 3.8) is 0 Å². The molecule has 0 bridgehead atoms. The van der Waals surface area contributed by atoms with Crippen LogP contribution < -0.4 is 10.6 Å². The van der Waals surface area contributed by atoms with Crippen molar-refractivity contribution in [2.24, 2.45) is 0 Å². The van der Waals surface area contributed by atoms with Crippen molar-refractivity contribution in [2.45, 2.75) is 43.8 Å². The van der Waals surface area contributed by atoms with Gasteiger partial charge in [0, 0.05) is 29.7 Å². The molecule has 0 heterocycles. The summed E-state index contributed by atoms with van der Waals surface area (Å²) in [6, 6.07) is 7.55. The van der Waals surface area contributed by atoms with E-state index in [2.05, 4.69) is 24.5 Å². The lowest BCUT2D eigenvalue weighted by Crippen LogP contribution is -2.31. The van der Waals surface area contributed by atoms with Gasteiger partial charge >= 0.3 is 0 Å². The highest BCUT2D eigenvalue weighted by Crippen LogP contribution is 2.26. The predicted molar refractivity (Wildman–Crippen MR) is 87.7 cm³/mol. The van der Waals surface area contributed by atoms with Gasteiger partial charge in [0.2, 0.25) is 5.91 Å². The second kappa shape index (κ2) is 9.45. The van der Waals surface area contributed by atoms with Crippen molar-refractivity contribution in [3.05, 3.63) is 29.8 Å². The number of amides is 2. The first-order chi connectivity index (χ1) is 10.0. The molecule has 0 aliphatic heterocycles. The molecule has 0 aromatic heterocycles. The highest BCUT2D eigenvalue weighted by atomic mass is 32.2. The molecule has 4 nitrogen and oxygen atoms in total. The van der Waals surface area contributed by atoms with Gasteiger partial charge in [-0.3, -0.25) is 9.59 Å². The van der Waals surface area contributed by atoms with Gasteiger partial charge in [0.1, 0.15) is 0 Å². The Labute approximate surface area is 131 Å². The van der Waals surface area contributed by atoms with Gasteiger partial charge in [0.25, 0.3) is 5.91 Å². The Morgan fingerprint density at radius 3 is 2.52 bits per heavy atom. The Hall–Kier alpha value is -1.49. The van der Waals surface area contributed by atoms with Crippen LogP contribution in [0.25, 0.3) is 0 Å². The van der Waals surface area contributed by atoms with Gasteiger partial charge in [-0.25, -0.2) is 0 Å². The van der Waals surface area contributed by atoms with Gasteiger partial charge in [-0.1, -0.05) is 32.9 Å². The quantitative estimate of drug-likeness (QED) is 0.726. The fourth-order valence-electron chi connectivity index (χ4n) is 1.75. The molecule has 0 saturated carbocycles. The molecule has 1 rings (SSSR count). The van der Waals surface area contributed by atoms with Crippen molar-refractivity contribution in [2.75, 3.05) is 13.1 Å². The smallest absolute Gasteiger partial charge is 0.252 e. The van der Waals surface area contributed by atoms with Crippen LogP contribution in [-0.2, 0) is 4.79 Å². The maximum atomic E-state index is 12.2. The van der Waals surface area contributed by atoms with Crippen molar-refractivity contribution in [1.29, 1.82) is 0 Å². The molecule has 0 spiro atoms. The van der Waals surface area contributed by atoms with Gasteiger partial charge in [-0.15, -0.1) is 11.8 Å². The van der Waals surface area contributed by atoms with Crippen molar-refractivity contribution in [3.8, 4) is 0 Å². The van der Waals surface area contributed by atoms with Crippen LogP contribution in [0.15, 0.2) is 29.2 Å². The molecule has 21 heavy (non-hydrogen) atoms. The summed E-state index contributed by atoms with van der Waals surface area (Å²) in [5.41, 5.74) is 0.671. The zero-order valence-electron chi connectivity index (χ0n) is 12.9. The first-order valence-electron chi connectivity index (χ1n) is 7.35. The van der Waals surface area contributed by atoms with E-state index in [0.29, 0.717) is 30.3 Å². The summed E-state index contributed by atoms with van der Waals surface area (Å²) < 4.78 is 0. The number of nitrogens with one attached hydrogen (secondary N) is 2. The lowest BCUT2D eigenvalue weighted by Gasteiger charge is -2.11. The molecule has 2 amide bonds. The number of carbonyl (C=O) groups is 2. The topological polar surface area (TPSA) is 58.2 Å². The lowest BCUT2D eigenvalue weighted by atomic mass is 10.2. The standard InChI is InChI=1S/C16H24N2O2S/c1-4-10-17-15(19)9-11-18-16(20)13-7-5-6-8-14(13)21-12(2)3/h5-8,12H,4,9-11H2,1-3H3,(H,17,19)(H,18,20). The Morgan fingerprint density at radius 2 is 1.86 bits per heavy atom. The minimum absolute atomic E-state index is 0.0259. The van der Waals surface area contributed by atoms with Gasteiger partial charge in [-0.05, 0) is 18.6 Å². The van der Waals surface area contributed by atoms with Gasteiger partial charge < -0.3 is 10.6 Å². The number of thioether (sulfide) groups is 1. The zero-order valence-corrected chi connectivity index (χ0v) is 13.8. The lowest BCUT2D eigenvalue weighted by molar-refractivity contribution is -0.120. The largest absolute Gasteiger partial charge is 0.356 e. The average molecular weight is 308 g/mol. The van der Waals surface area contributed by atoms with Crippen LogP contribution in [0, 0.1) is 0 Å². The monoisotopic (exact) mass is 308 g/mol. The Morgan fingerprint density at radius 1 is 1.14 bits per heavy atom. The van der Waals surface area contributed by atoms with Gasteiger partial charge in [0.05, 0.1) is 5.56 Å². The molecular weight excluding hydrogens is 284 g/mol. The van der Waals surface area contributed by atoms with Crippen LogP contribution >= 0.6 is 11.8 Å². The molecule has 116 valence electrons. The fourth-order valence-corrected chi connectivity index (χ4v) is 2.70. The minimum atomic E-state index is -0.123. The van der Waals surface area contributed by atoms with E-state index in [4.69, 9.17) is 0 Å². The second-order valence-corrected chi connectivity index (χ2v) is 6.64. The third kappa shape index (κ3) is 6.67. The second-order valence-electron chi connectivity index (χ2n) is 5.02. The van der Waals surface area contributed by atoms with E-state index >= 15 is 0 Å². The molecule has 1 aromatic rings. The number of hydrogen-bond donors (Lipinski definition) is 2. The summed E-state index contributed by atoms with van der Waals surface area (Å²) in [5, 5.41) is 6.01. The van der Waals surface area contributed by atoms with Crippen LogP contribution in [0.3, 0.4) is 0 Å². The maximum Gasteiger partial charge on any atom is 0.252 e. The molecule has 0 radical (unpaired) electrons. The zero-order chi connectivity index (χ0) is 15.7. The van der Waals surface area contributed by atoms with E-state index in [9.17, 15) is 9.59 Å². The van der Waals surface area contributed by atoms with E-state index in [1.54, 1.807) is 11.8 Å². The molecule has 2 N–H and O–H groups in total. The van der Waals surface area contributed by atoms with E-state index in [-0.39, 0.29) is 11.8 Å². The normalized spacial score (nSPS) is 10.5. The summed E-state index contributed by atoms with van der Waals surface area (Å²) in [4.78, 5) is 24.6. The van der Waals surface area contributed by atoms with Crippen molar-refractivity contribution < 1.29 is 9.59 Å². The van der Waals surface area contributed by atoms with E-state index < -0.39 is 0 Å². The average Bonchev–Trinajstić information content (AvgIpc) is 2.45. The van der Waals surface area contributed by atoms with Crippen molar-refractivity contribution in [1.82, 2.24) is 10.6 Å². The van der Waals surface area contributed by atoms with Gasteiger partial charge in [-0.2, -0.15) is 0 Å². The summed E-state index contributed by atoms with van der Waals surface area (Å²) in [5.74, 6) is -0.149. The molecule has 1 aromatic carbocycles. The third-order valence-corrected chi connectivity index (χ3v) is 3.79. The SMILES string of the molecule is CCCNC(=O)CCNC(=O)c1ccccc1SC(C)C. The van der Waals surface area contributed by atoms with Crippen LogP contribution in [0.2, 0.25) is 0 Å². The third-order valence-electron chi connectivity index (χ3n) is 2.70. The first kappa shape index (κ1) is 17.6. The highest BCUT2D eigenvalue weighted by molar-refractivity contribution is 8.00. The minimum Gasteiger partial charge on any atom is -0.356 e. The number of carbonyl (C=O) groups excluding carboxylic acids is 2. The van der Waals surface area contributed by atoms with Crippen LogP contribution in [0.4, 0.5) is 0 Å². The summed E-state index contributed by atoms with van der Waals surface area (Å²) >= 11 is 1.66. The molecular formula is C16H24N2O2S. The van der Waals surface area contributed by atoms with Crippen LogP contribution in [-0.4, -0.2) is 30.2 Å². The highest BCUT2D eigenvalue weighted by Gasteiger charge is 2.12. The van der Waals surface area contributed by atoms with E-state index in [0.717, 1.165) is 11.3 Å². The molecule has 0 atom stereocenters. The maximum absolute atomic E-state index is 12.2. The molecule has 0 fully saturated rings. The van der Waals surface area contributed by atoms with Crippen molar-refractivity contribution >= 4 is 23.6 Å².